The molecule has 3 rings (SSSR count). The smallest absolute Gasteiger partial charge is 0.152 e. The van der Waals surface area contributed by atoms with Crippen molar-refractivity contribution in [2.24, 2.45) is 0 Å². The molecule has 0 aliphatic heterocycles. The molecule has 1 aliphatic rings. The molecular formula is C14H16N2O. The second-order valence-corrected chi connectivity index (χ2v) is 5.90. The summed E-state index contributed by atoms with van der Waals surface area (Å²) in [4.78, 5) is 19.9. The summed E-state index contributed by atoms with van der Waals surface area (Å²) in [6, 6.07) is 4.12. The van der Waals surface area contributed by atoms with Gasteiger partial charge in [0.2, 0.25) is 0 Å². The highest BCUT2D eigenvalue weighted by molar-refractivity contribution is 6.04. The minimum absolute atomic E-state index is 0.285. The van der Waals surface area contributed by atoms with E-state index in [0.29, 0.717) is 0 Å². The topological polar surface area (TPSA) is 45.8 Å². The normalized spacial score (nSPS) is 20.8. The van der Waals surface area contributed by atoms with E-state index in [1.165, 1.54) is 0 Å². The quantitative estimate of drug-likeness (QED) is 0.753. The molecular weight excluding hydrogens is 212 g/mol. The van der Waals surface area contributed by atoms with E-state index in [4.69, 9.17) is 0 Å². The largest absolute Gasteiger partial charge is 0.345 e. The fraction of sp³-hybridized carbons (Fsp3) is 0.429. The number of Topliss-reactive ketones (excluding diaryl/α,β-unsaturated/α-hetero) is 1. The van der Waals surface area contributed by atoms with E-state index < -0.39 is 10.8 Å². The molecule has 17 heavy (non-hydrogen) atoms. The summed E-state index contributed by atoms with van der Waals surface area (Å²) in [5.41, 5.74) is 3.37. The number of ketones is 1. The van der Waals surface area contributed by atoms with E-state index in [0.717, 1.165) is 22.2 Å². The van der Waals surface area contributed by atoms with Crippen molar-refractivity contribution in [3.63, 3.8) is 0 Å². The van der Waals surface area contributed by atoms with Crippen LogP contribution < -0.4 is 0 Å². The molecule has 2 aromatic rings. The Hall–Kier alpha value is -1.64. The SMILES string of the molecule is CC1(C)C(=O)C(C)(C)c2cc3[nH]cnc3cc21. The van der Waals surface area contributed by atoms with Crippen LogP contribution in [0.4, 0.5) is 0 Å². The molecule has 1 heterocycles. The van der Waals surface area contributed by atoms with Gasteiger partial charge in [0.05, 0.1) is 17.4 Å². The van der Waals surface area contributed by atoms with Crippen molar-refractivity contribution in [1.82, 2.24) is 9.97 Å². The van der Waals surface area contributed by atoms with Crippen LogP contribution in [-0.4, -0.2) is 15.8 Å². The van der Waals surface area contributed by atoms with Crippen LogP contribution in [0.2, 0.25) is 0 Å². The third-order valence-electron chi connectivity index (χ3n) is 4.04. The highest BCUT2D eigenvalue weighted by Gasteiger charge is 2.50. The number of imidazole rings is 1. The lowest BCUT2D eigenvalue weighted by molar-refractivity contribution is -0.126. The zero-order chi connectivity index (χ0) is 12.4. The van der Waals surface area contributed by atoms with E-state index in [1.807, 2.05) is 33.8 Å². The lowest BCUT2D eigenvalue weighted by Gasteiger charge is -2.21. The van der Waals surface area contributed by atoms with Gasteiger partial charge in [-0.2, -0.15) is 0 Å². The van der Waals surface area contributed by atoms with E-state index in [-0.39, 0.29) is 5.78 Å². The van der Waals surface area contributed by atoms with Crippen LogP contribution in [0, 0.1) is 0 Å². The number of nitrogens with zero attached hydrogens (tertiary/aromatic N) is 1. The van der Waals surface area contributed by atoms with Crippen LogP contribution >= 0.6 is 0 Å². The van der Waals surface area contributed by atoms with Gasteiger partial charge in [0.15, 0.2) is 5.78 Å². The number of aromatic amines is 1. The lowest BCUT2D eigenvalue weighted by Crippen LogP contribution is -2.33. The summed E-state index contributed by atoms with van der Waals surface area (Å²) in [6.07, 6.45) is 1.70. The standard InChI is InChI=1S/C14H16N2O/c1-13(2)8-5-10-11(16-7-15-10)6-9(8)14(3,4)12(13)17/h5-7H,1-4H3,(H,15,16). The Morgan fingerprint density at radius 1 is 1.06 bits per heavy atom. The molecule has 0 amide bonds. The highest BCUT2D eigenvalue weighted by Crippen LogP contribution is 2.47. The van der Waals surface area contributed by atoms with Crippen molar-refractivity contribution >= 4 is 16.8 Å². The summed E-state index contributed by atoms with van der Waals surface area (Å²) in [5.74, 6) is 0.285. The van der Waals surface area contributed by atoms with Crippen LogP contribution in [0.15, 0.2) is 18.5 Å². The Kier molecular flexibility index (Phi) is 1.72. The Labute approximate surface area is 100 Å². The fourth-order valence-electron chi connectivity index (χ4n) is 3.04. The van der Waals surface area contributed by atoms with Gasteiger partial charge in [0, 0.05) is 10.8 Å². The molecule has 1 aliphatic carbocycles. The molecule has 0 radical (unpaired) electrons. The molecule has 88 valence electrons. The molecule has 0 atom stereocenters. The number of hydrogen-bond acceptors (Lipinski definition) is 2. The van der Waals surface area contributed by atoms with Gasteiger partial charge in [0.1, 0.15) is 0 Å². The molecule has 1 N–H and O–H groups in total. The summed E-state index contributed by atoms with van der Waals surface area (Å²) < 4.78 is 0. The van der Waals surface area contributed by atoms with Crippen molar-refractivity contribution in [3.8, 4) is 0 Å². The van der Waals surface area contributed by atoms with Crippen LogP contribution in [-0.2, 0) is 15.6 Å². The average molecular weight is 228 g/mol. The molecule has 3 nitrogen and oxygen atoms in total. The second kappa shape index (κ2) is 2.78. The van der Waals surface area contributed by atoms with Gasteiger partial charge in [0.25, 0.3) is 0 Å². The minimum atomic E-state index is -0.411. The van der Waals surface area contributed by atoms with Crippen molar-refractivity contribution in [1.29, 1.82) is 0 Å². The van der Waals surface area contributed by atoms with Gasteiger partial charge in [-0.05, 0) is 51.0 Å². The summed E-state index contributed by atoms with van der Waals surface area (Å²) in [7, 11) is 0. The van der Waals surface area contributed by atoms with E-state index in [9.17, 15) is 4.79 Å². The van der Waals surface area contributed by atoms with E-state index in [1.54, 1.807) is 6.33 Å². The Morgan fingerprint density at radius 2 is 1.65 bits per heavy atom. The van der Waals surface area contributed by atoms with Crippen molar-refractivity contribution < 1.29 is 4.79 Å². The maximum atomic E-state index is 12.5. The molecule has 3 heteroatoms. The van der Waals surface area contributed by atoms with Gasteiger partial charge in [-0.1, -0.05) is 0 Å². The molecule has 0 saturated heterocycles. The zero-order valence-corrected chi connectivity index (χ0v) is 10.6. The van der Waals surface area contributed by atoms with Crippen molar-refractivity contribution in [2.45, 2.75) is 38.5 Å². The van der Waals surface area contributed by atoms with E-state index in [2.05, 4.69) is 16.0 Å². The summed E-state index contributed by atoms with van der Waals surface area (Å²) in [6.45, 7) is 8.01. The van der Waals surface area contributed by atoms with Gasteiger partial charge in [-0.15, -0.1) is 0 Å². The number of nitrogens with one attached hydrogen (secondary N) is 1. The first-order chi connectivity index (χ1) is 7.85. The molecule has 0 spiro atoms. The number of carbonyl (C=O) groups excluding carboxylic acids is 1. The van der Waals surface area contributed by atoms with Gasteiger partial charge in [-0.3, -0.25) is 4.79 Å². The maximum absolute atomic E-state index is 12.5. The Balaban J connectivity index is 2.42. The molecule has 1 aromatic carbocycles. The lowest BCUT2D eigenvalue weighted by atomic mass is 9.80. The van der Waals surface area contributed by atoms with Gasteiger partial charge >= 0.3 is 0 Å². The predicted octanol–water partition coefficient (Wildman–Crippen LogP) is 2.70. The van der Waals surface area contributed by atoms with Gasteiger partial charge < -0.3 is 4.98 Å². The third kappa shape index (κ3) is 1.11. The summed E-state index contributed by atoms with van der Waals surface area (Å²) >= 11 is 0. The average Bonchev–Trinajstić information content (AvgIpc) is 2.76. The minimum Gasteiger partial charge on any atom is -0.345 e. The monoisotopic (exact) mass is 228 g/mol. The van der Waals surface area contributed by atoms with E-state index >= 15 is 0 Å². The first-order valence-corrected chi connectivity index (χ1v) is 5.88. The number of H-pyrrole nitrogens is 1. The summed E-state index contributed by atoms with van der Waals surface area (Å²) in [5, 5.41) is 0. The highest BCUT2D eigenvalue weighted by atomic mass is 16.1. The zero-order valence-electron chi connectivity index (χ0n) is 10.6. The molecule has 0 fully saturated rings. The van der Waals surface area contributed by atoms with Gasteiger partial charge in [-0.25, -0.2) is 4.98 Å². The van der Waals surface area contributed by atoms with Crippen LogP contribution in [0.25, 0.3) is 11.0 Å². The molecule has 0 unspecified atom stereocenters. The number of carbonyl (C=O) groups is 1. The Bertz CT molecular complexity index is 583. The molecule has 0 bridgehead atoms. The number of rotatable bonds is 0. The molecule has 1 aromatic heterocycles. The van der Waals surface area contributed by atoms with Crippen LogP contribution in [0.1, 0.15) is 38.8 Å². The van der Waals surface area contributed by atoms with Crippen molar-refractivity contribution in [3.05, 3.63) is 29.6 Å². The maximum Gasteiger partial charge on any atom is 0.152 e. The predicted molar refractivity (Wildman–Crippen MR) is 67.2 cm³/mol. The number of benzene rings is 1. The first kappa shape index (κ1) is 10.5. The fourth-order valence-corrected chi connectivity index (χ4v) is 3.04. The van der Waals surface area contributed by atoms with Crippen LogP contribution in [0.3, 0.4) is 0 Å². The second-order valence-electron chi connectivity index (χ2n) is 5.90. The molecule has 0 saturated carbocycles. The number of aromatic nitrogens is 2. The third-order valence-corrected chi connectivity index (χ3v) is 4.04. The van der Waals surface area contributed by atoms with Crippen molar-refractivity contribution in [2.75, 3.05) is 0 Å². The first-order valence-electron chi connectivity index (χ1n) is 5.88. The number of fused-ring (bicyclic) bond motifs is 2. The number of hydrogen-bond donors (Lipinski definition) is 1. The Morgan fingerprint density at radius 3 is 2.29 bits per heavy atom. The van der Waals surface area contributed by atoms with Crippen LogP contribution in [0.5, 0.6) is 0 Å².